The van der Waals surface area contributed by atoms with Crippen molar-refractivity contribution in [2.24, 2.45) is 5.92 Å². The first-order chi connectivity index (χ1) is 8.87. The van der Waals surface area contributed by atoms with Gasteiger partial charge in [-0.3, -0.25) is 4.55 Å². The van der Waals surface area contributed by atoms with Gasteiger partial charge in [-0.1, -0.05) is 6.92 Å². The smallest absolute Gasteiger partial charge is 0.333 e. The average molecular weight is 296 g/mol. The molecule has 3 N–H and O–H groups in total. The second-order valence-electron chi connectivity index (χ2n) is 5.08. The third-order valence-corrected chi connectivity index (χ3v) is 3.77. The van der Waals surface area contributed by atoms with E-state index in [4.69, 9.17) is 9.29 Å². The zero-order valence-corrected chi connectivity index (χ0v) is 12.1. The Balaban J connectivity index is 2.01. The van der Waals surface area contributed by atoms with Crippen molar-refractivity contribution in [1.82, 2.24) is 9.62 Å². The first-order valence-electron chi connectivity index (χ1n) is 6.57. The molecule has 0 unspecified atom stereocenters. The minimum absolute atomic E-state index is 0.0484. The summed E-state index contributed by atoms with van der Waals surface area (Å²) >= 11 is 0. The maximum Gasteiger partial charge on any atom is 0.333 e. The molecule has 0 saturated carbocycles. The molecular formula is C11H24N2O5S. The Kier molecular flexibility index (Phi) is 7.19. The molecule has 0 aliphatic carbocycles. The second-order valence-corrected chi connectivity index (χ2v) is 6.32. The van der Waals surface area contributed by atoms with Crippen molar-refractivity contribution in [2.75, 3.05) is 39.4 Å². The fraction of sp³-hybridized carbons (Fsp3) is 1.00. The van der Waals surface area contributed by atoms with Crippen LogP contribution in [-0.2, 0) is 15.0 Å². The molecule has 0 radical (unpaired) electrons. The van der Waals surface area contributed by atoms with Gasteiger partial charge in [0, 0.05) is 13.1 Å². The van der Waals surface area contributed by atoms with Gasteiger partial charge in [-0.2, -0.15) is 13.1 Å². The van der Waals surface area contributed by atoms with E-state index in [0.29, 0.717) is 6.61 Å². The van der Waals surface area contributed by atoms with Crippen LogP contribution in [-0.4, -0.2) is 68.5 Å². The maximum atomic E-state index is 10.4. The van der Waals surface area contributed by atoms with E-state index in [1.165, 1.54) is 12.8 Å². The number of nitrogens with one attached hydrogen (secondary N) is 1. The summed E-state index contributed by atoms with van der Waals surface area (Å²) in [5.74, 6) is 0.797. The quantitative estimate of drug-likeness (QED) is 0.412. The lowest BCUT2D eigenvalue weighted by molar-refractivity contribution is 0.0259. The Morgan fingerprint density at radius 2 is 2.05 bits per heavy atom. The molecule has 0 aromatic rings. The molecule has 1 fully saturated rings. The van der Waals surface area contributed by atoms with Gasteiger partial charge in [-0.25, -0.2) is 0 Å². The van der Waals surface area contributed by atoms with E-state index < -0.39 is 16.4 Å². The summed E-state index contributed by atoms with van der Waals surface area (Å²) in [6, 6.07) is 0. The summed E-state index contributed by atoms with van der Waals surface area (Å²) in [5, 5.41) is 9.41. The molecule has 1 atom stereocenters. The van der Waals surface area contributed by atoms with Gasteiger partial charge < -0.3 is 14.7 Å². The second kappa shape index (κ2) is 8.13. The van der Waals surface area contributed by atoms with Gasteiger partial charge in [0.2, 0.25) is 0 Å². The Morgan fingerprint density at radius 1 is 1.42 bits per heavy atom. The third-order valence-electron chi connectivity index (χ3n) is 3.24. The lowest BCUT2D eigenvalue weighted by atomic mass is 9.99. The number of rotatable bonds is 8. The molecule has 8 heteroatoms. The van der Waals surface area contributed by atoms with Gasteiger partial charge in [-0.15, -0.1) is 0 Å². The van der Waals surface area contributed by atoms with Crippen LogP contribution in [0.25, 0.3) is 0 Å². The first kappa shape index (κ1) is 16.8. The van der Waals surface area contributed by atoms with E-state index in [0.717, 1.165) is 25.6 Å². The molecule has 0 spiro atoms. The first-order valence-corrected chi connectivity index (χ1v) is 8.01. The van der Waals surface area contributed by atoms with Crippen molar-refractivity contribution in [2.45, 2.75) is 25.9 Å². The summed E-state index contributed by atoms with van der Waals surface area (Å²) in [7, 11) is -4.25. The average Bonchev–Trinajstić information content (AvgIpc) is 2.33. The number of hydrogen-bond acceptors (Lipinski definition) is 5. The molecule has 1 rings (SSSR count). The number of ether oxygens (including phenoxy) is 1. The maximum absolute atomic E-state index is 10.4. The van der Waals surface area contributed by atoms with Crippen molar-refractivity contribution < 1.29 is 22.8 Å². The Hall–Kier alpha value is -0.250. The molecular weight excluding hydrogens is 272 g/mol. The van der Waals surface area contributed by atoms with Gasteiger partial charge in [-0.05, 0) is 31.8 Å². The number of aliphatic hydroxyl groups is 1. The van der Waals surface area contributed by atoms with E-state index >= 15 is 0 Å². The predicted octanol–water partition coefficient (Wildman–Crippen LogP) is -0.512. The molecule has 1 heterocycles. The molecule has 1 aliphatic rings. The van der Waals surface area contributed by atoms with E-state index in [9.17, 15) is 13.5 Å². The molecule has 1 aliphatic heterocycles. The van der Waals surface area contributed by atoms with Gasteiger partial charge >= 0.3 is 10.3 Å². The van der Waals surface area contributed by atoms with E-state index in [1.54, 1.807) is 4.72 Å². The Labute approximate surface area is 114 Å². The highest BCUT2D eigenvalue weighted by Gasteiger charge is 2.15. The molecule has 0 aromatic carbocycles. The zero-order chi connectivity index (χ0) is 14.3. The zero-order valence-electron chi connectivity index (χ0n) is 11.3. The molecule has 0 bridgehead atoms. The van der Waals surface area contributed by atoms with Gasteiger partial charge in [0.05, 0.1) is 19.3 Å². The summed E-state index contributed by atoms with van der Waals surface area (Å²) < 4.78 is 36.3. The van der Waals surface area contributed by atoms with Crippen molar-refractivity contribution in [1.29, 1.82) is 0 Å². The Morgan fingerprint density at radius 3 is 2.63 bits per heavy atom. The monoisotopic (exact) mass is 296 g/mol. The number of likely N-dealkylation sites (tertiary alicyclic amines) is 1. The minimum atomic E-state index is -4.25. The van der Waals surface area contributed by atoms with Gasteiger partial charge in [0.25, 0.3) is 0 Å². The van der Waals surface area contributed by atoms with Crippen molar-refractivity contribution in [3.05, 3.63) is 0 Å². The molecule has 1 saturated heterocycles. The topological polar surface area (TPSA) is 99.1 Å². The normalized spacial score (nSPS) is 20.6. The largest absolute Gasteiger partial charge is 0.389 e. The van der Waals surface area contributed by atoms with Crippen molar-refractivity contribution in [3.8, 4) is 0 Å². The van der Waals surface area contributed by atoms with Crippen LogP contribution in [0.15, 0.2) is 0 Å². The van der Waals surface area contributed by atoms with E-state index in [-0.39, 0.29) is 13.2 Å². The lowest BCUT2D eigenvalue weighted by Crippen LogP contribution is -2.37. The van der Waals surface area contributed by atoms with Crippen LogP contribution < -0.4 is 4.72 Å². The standard InChI is InChI=1S/C11H24N2O5S/c1-10-2-4-13(5-3-10)6-7-18-9-11(14)8-12-19(15,16)17/h10-12,14H,2-9H2,1H3,(H,15,16,17)/t11-/m0/s1. The predicted molar refractivity (Wildman–Crippen MR) is 71.2 cm³/mol. The van der Waals surface area contributed by atoms with Crippen LogP contribution in [0, 0.1) is 5.92 Å². The molecule has 114 valence electrons. The van der Waals surface area contributed by atoms with Crippen LogP contribution in [0.2, 0.25) is 0 Å². The van der Waals surface area contributed by atoms with Crippen LogP contribution in [0.5, 0.6) is 0 Å². The molecule has 7 nitrogen and oxygen atoms in total. The number of aliphatic hydroxyl groups excluding tert-OH is 1. The highest BCUT2D eigenvalue weighted by Crippen LogP contribution is 2.15. The SMILES string of the molecule is CC1CCN(CCOC[C@@H](O)CNS(=O)(=O)O)CC1. The van der Waals surface area contributed by atoms with E-state index in [2.05, 4.69) is 11.8 Å². The number of nitrogens with zero attached hydrogens (tertiary/aromatic N) is 1. The molecule has 0 aromatic heterocycles. The summed E-state index contributed by atoms with van der Waals surface area (Å²) in [6.45, 7) is 5.55. The van der Waals surface area contributed by atoms with Gasteiger partial charge in [0.15, 0.2) is 0 Å². The lowest BCUT2D eigenvalue weighted by Gasteiger charge is -2.30. The van der Waals surface area contributed by atoms with Crippen molar-refractivity contribution in [3.63, 3.8) is 0 Å². The Bertz CT molecular complexity index is 341. The van der Waals surface area contributed by atoms with Crippen LogP contribution in [0.3, 0.4) is 0 Å². The summed E-state index contributed by atoms with van der Waals surface area (Å²) in [5.41, 5.74) is 0. The minimum Gasteiger partial charge on any atom is -0.389 e. The van der Waals surface area contributed by atoms with Gasteiger partial charge in [0.1, 0.15) is 0 Å². The highest BCUT2D eigenvalue weighted by atomic mass is 32.2. The van der Waals surface area contributed by atoms with E-state index in [1.807, 2.05) is 0 Å². The number of hydrogen-bond donors (Lipinski definition) is 3. The summed E-state index contributed by atoms with van der Waals surface area (Å²) in [4.78, 5) is 2.32. The van der Waals surface area contributed by atoms with Crippen LogP contribution in [0.1, 0.15) is 19.8 Å². The van der Waals surface area contributed by atoms with Crippen LogP contribution in [0.4, 0.5) is 0 Å². The number of piperidine rings is 1. The fourth-order valence-corrected chi connectivity index (χ4v) is 2.36. The van der Waals surface area contributed by atoms with Crippen molar-refractivity contribution >= 4 is 10.3 Å². The third kappa shape index (κ3) is 8.51. The fourth-order valence-electron chi connectivity index (χ4n) is 1.96. The molecule has 19 heavy (non-hydrogen) atoms. The highest BCUT2D eigenvalue weighted by molar-refractivity contribution is 7.83. The summed E-state index contributed by atoms with van der Waals surface area (Å²) in [6.07, 6.45) is 1.46. The van der Waals surface area contributed by atoms with Crippen LogP contribution >= 0.6 is 0 Å². The molecule has 0 amide bonds.